The van der Waals surface area contributed by atoms with Crippen LogP contribution in [0, 0.1) is 0 Å². The Morgan fingerprint density at radius 2 is 1.83 bits per heavy atom. The average molecular weight is 409 g/mol. The van der Waals surface area contributed by atoms with Crippen LogP contribution in [0.15, 0.2) is 48.5 Å². The van der Waals surface area contributed by atoms with Gasteiger partial charge in [-0.3, -0.25) is 14.4 Å². The van der Waals surface area contributed by atoms with Crippen molar-refractivity contribution >= 4 is 29.5 Å². The zero-order valence-electron chi connectivity index (χ0n) is 16.5. The van der Waals surface area contributed by atoms with E-state index in [1.54, 1.807) is 48.5 Å². The minimum absolute atomic E-state index is 0.104. The largest absolute Gasteiger partial charge is 0.493 e. The van der Waals surface area contributed by atoms with E-state index in [1.165, 1.54) is 13.2 Å². The fourth-order valence-corrected chi connectivity index (χ4v) is 2.61. The standard InChI is InChI=1S/C22H23N3O5/c1-29-19-12-14(2-10-18(19)30-13-20(23)26)3-11-21(27)24-16-6-4-15(5-7-16)22(28)25-17-8-9-17/h2-7,10-12,17H,8-9,13H2,1H3,(H2,23,26)(H,24,27)(H,25,28)/b11-3+. The topological polar surface area (TPSA) is 120 Å². The average Bonchev–Trinajstić information content (AvgIpc) is 3.55. The summed E-state index contributed by atoms with van der Waals surface area (Å²) in [6.45, 7) is -0.255. The van der Waals surface area contributed by atoms with Crippen molar-refractivity contribution in [2.24, 2.45) is 5.73 Å². The lowest BCUT2D eigenvalue weighted by molar-refractivity contribution is -0.120. The van der Waals surface area contributed by atoms with E-state index in [4.69, 9.17) is 15.2 Å². The highest BCUT2D eigenvalue weighted by molar-refractivity contribution is 6.02. The highest BCUT2D eigenvalue weighted by Gasteiger charge is 2.23. The Hall–Kier alpha value is -3.81. The Balaban J connectivity index is 1.57. The first kappa shape index (κ1) is 20.9. The van der Waals surface area contributed by atoms with Crippen LogP contribution in [0.25, 0.3) is 6.08 Å². The van der Waals surface area contributed by atoms with Crippen molar-refractivity contribution in [2.45, 2.75) is 18.9 Å². The molecule has 1 saturated carbocycles. The van der Waals surface area contributed by atoms with Crippen LogP contribution in [0.2, 0.25) is 0 Å². The second-order valence-electron chi connectivity index (χ2n) is 6.81. The summed E-state index contributed by atoms with van der Waals surface area (Å²) in [6, 6.07) is 12.0. The quantitative estimate of drug-likeness (QED) is 0.548. The summed E-state index contributed by atoms with van der Waals surface area (Å²) in [7, 11) is 1.47. The minimum Gasteiger partial charge on any atom is -0.493 e. The first-order valence-corrected chi connectivity index (χ1v) is 9.44. The van der Waals surface area contributed by atoms with Gasteiger partial charge < -0.3 is 25.8 Å². The van der Waals surface area contributed by atoms with E-state index in [0.29, 0.717) is 34.4 Å². The summed E-state index contributed by atoms with van der Waals surface area (Å²) in [4.78, 5) is 35.0. The molecule has 0 unspecified atom stereocenters. The lowest BCUT2D eigenvalue weighted by Crippen LogP contribution is -2.25. The Labute approximate surface area is 174 Å². The van der Waals surface area contributed by atoms with Crippen LogP contribution in [0.5, 0.6) is 11.5 Å². The predicted molar refractivity (Wildman–Crippen MR) is 112 cm³/mol. The van der Waals surface area contributed by atoms with Crippen molar-refractivity contribution < 1.29 is 23.9 Å². The molecule has 0 atom stereocenters. The zero-order chi connectivity index (χ0) is 21.5. The number of hydrogen-bond acceptors (Lipinski definition) is 5. The highest BCUT2D eigenvalue weighted by atomic mass is 16.5. The van der Waals surface area contributed by atoms with E-state index in [2.05, 4.69) is 10.6 Å². The third kappa shape index (κ3) is 6.10. The third-order valence-electron chi connectivity index (χ3n) is 4.31. The van der Waals surface area contributed by atoms with Crippen LogP contribution in [-0.4, -0.2) is 37.5 Å². The van der Waals surface area contributed by atoms with Gasteiger partial charge in [-0.15, -0.1) is 0 Å². The minimum atomic E-state index is -0.589. The SMILES string of the molecule is COc1cc(/C=C/C(=O)Nc2ccc(C(=O)NC3CC3)cc2)ccc1OCC(N)=O. The van der Waals surface area contributed by atoms with E-state index in [-0.39, 0.29) is 18.4 Å². The summed E-state index contributed by atoms with van der Waals surface area (Å²) in [6.07, 6.45) is 5.06. The van der Waals surface area contributed by atoms with Gasteiger partial charge in [-0.1, -0.05) is 6.07 Å². The number of methoxy groups -OCH3 is 1. The van der Waals surface area contributed by atoms with Gasteiger partial charge in [0.15, 0.2) is 18.1 Å². The first-order valence-electron chi connectivity index (χ1n) is 9.44. The van der Waals surface area contributed by atoms with Crippen molar-refractivity contribution in [1.29, 1.82) is 0 Å². The molecule has 0 bridgehead atoms. The molecule has 2 aromatic carbocycles. The maximum atomic E-state index is 12.2. The predicted octanol–water partition coefficient (Wildman–Crippen LogP) is 2.10. The summed E-state index contributed by atoms with van der Waals surface area (Å²) in [5.74, 6) is -0.220. The second-order valence-corrected chi connectivity index (χ2v) is 6.81. The Kier molecular flexibility index (Phi) is 6.69. The van der Waals surface area contributed by atoms with Crippen LogP contribution >= 0.6 is 0 Å². The second kappa shape index (κ2) is 9.60. The molecule has 1 aliphatic rings. The van der Waals surface area contributed by atoms with Crippen LogP contribution in [0.4, 0.5) is 5.69 Å². The van der Waals surface area contributed by atoms with Gasteiger partial charge >= 0.3 is 0 Å². The van der Waals surface area contributed by atoms with Gasteiger partial charge in [0.25, 0.3) is 11.8 Å². The van der Waals surface area contributed by atoms with Gasteiger partial charge in [-0.25, -0.2) is 0 Å². The highest BCUT2D eigenvalue weighted by Crippen LogP contribution is 2.28. The molecular weight excluding hydrogens is 386 g/mol. The van der Waals surface area contributed by atoms with Crippen molar-refractivity contribution in [3.63, 3.8) is 0 Å². The van der Waals surface area contributed by atoms with Gasteiger partial charge in [-0.2, -0.15) is 0 Å². The molecule has 3 rings (SSSR count). The number of amides is 3. The number of hydrogen-bond donors (Lipinski definition) is 3. The number of nitrogens with two attached hydrogens (primary N) is 1. The zero-order valence-corrected chi connectivity index (χ0v) is 16.5. The Morgan fingerprint density at radius 1 is 1.10 bits per heavy atom. The van der Waals surface area contributed by atoms with Crippen molar-refractivity contribution in [2.75, 3.05) is 19.0 Å². The van der Waals surface area contributed by atoms with E-state index < -0.39 is 5.91 Å². The van der Waals surface area contributed by atoms with Crippen LogP contribution in [0.1, 0.15) is 28.8 Å². The van der Waals surface area contributed by atoms with Gasteiger partial charge in [0.2, 0.25) is 5.91 Å². The maximum absolute atomic E-state index is 12.2. The summed E-state index contributed by atoms with van der Waals surface area (Å²) in [5, 5.41) is 5.66. The Morgan fingerprint density at radius 3 is 2.47 bits per heavy atom. The number of nitrogens with one attached hydrogen (secondary N) is 2. The van der Waals surface area contributed by atoms with E-state index in [9.17, 15) is 14.4 Å². The number of anilines is 1. The monoisotopic (exact) mass is 409 g/mol. The number of primary amides is 1. The Bertz CT molecular complexity index is 965. The van der Waals surface area contributed by atoms with Gasteiger partial charge in [0.05, 0.1) is 7.11 Å². The molecule has 0 aliphatic heterocycles. The van der Waals surface area contributed by atoms with Gasteiger partial charge in [-0.05, 0) is 60.9 Å². The van der Waals surface area contributed by atoms with Crippen molar-refractivity contribution in [3.05, 3.63) is 59.7 Å². The summed E-state index contributed by atoms with van der Waals surface area (Å²) < 4.78 is 10.5. The number of carbonyl (C=O) groups excluding carboxylic acids is 3. The van der Waals surface area contributed by atoms with Crippen molar-refractivity contribution in [1.82, 2.24) is 5.32 Å². The van der Waals surface area contributed by atoms with E-state index >= 15 is 0 Å². The molecule has 8 nitrogen and oxygen atoms in total. The van der Waals surface area contributed by atoms with Crippen LogP contribution < -0.4 is 25.8 Å². The molecule has 0 aromatic heterocycles. The summed E-state index contributed by atoms with van der Waals surface area (Å²) in [5.41, 5.74) is 6.92. The molecule has 156 valence electrons. The lowest BCUT2D eigenvalue weighted by Gasteiger charge is -2.10. The van der Waals surface area contributed by atoms with Crippen LogP contribution in [0.3, 0.4) is 0 Å². The molecule has 3 amide bonds. The number of carbonyl (C=O) groups is 3. The molecule has 1 aliphatic carbocycles. The molecule has 0 saturated heterocycles. The van der Waals surface area contributed by atoms with Crippen LogP contribution in [-0.2, 0) is 9.59 Å². The molecule has 0 heterocycles. The van der Waals surface area contributed by atoms with Gasteiger partial charge in [0, 0.05) is 23.4 Å². The molecule has 0 radical (unpaired) electrons. The molecule has 0 spiro atoms. The maximum Gasteiger partial charge on any atom is 0.255 e. The fraction of sp³-hybridized carbons (Fsp3) is 0.227. The summed E-state index contributed by atoms with van der Waals surface area (Å²) >= 11 is 0. The van der Waals surface area contributed by atoms with Crippen molar-refractivity contribution in [3.8, 4) is 11.5 Å². The molecule has 4 N–H and O–H groups in total. The number of ether oxygens (including phenoxy) is 2. The third-order valence-corrected chi connectivity index (χ3v) is 4.31. The molecule has 2 aromatic rings. The van der Waals surface area contributed by atoms with Gasteiger partial charge in [0.1, 0.15) is 0 Å². The molecular formula is C22H23N3O5. The molecule has 8 heteroatoms. The fourth-order valence-electron chi connectivity index (χ4n) is 2.61. The lowest BCUT2D eigenvalue weighted by atomic mass is 10.1. The first-order chi connectivity index (χ1) is 14.4. The smallest absolute Gasteiger partial charge is 0.255 e. The number of rotatable bonds is 9. The van der Waals surface area contributed by atoms with E-state index in [0.717, 1.165) is 12.8 Å². The molecule has 30 heavy (non-hydrogen) atoms. The molecule has 1 fully saturated rings. The normalized spacial score (nSPS) is 13.0. The van der Waals surface area contributed by atoms with E-state index in [1.807, 2.05) is 0 Å². The number of benzene rings is 2.